The topological polar surface area (TPSA) is 63.0 Å². The number of para-hydroxylation sites is 1. The Bertz CT molecular complexity index is 1090. The normalized spacial score (nSPS) is 11.7. The van der Waals surface area contributed by atoms with E-state index in [1.165, 1.54) is 16.6 Å². The summed E-state index contributed by atoms with van der Waals surface area (Å²) in [6.45, 7) is 2.03. The van der Waals surface area contributed by atoms with Gasteiger partial charge in [-0.2, -0.15) is 9.78 Å². The van der Waals surface area contributed by atoms with Crippen molar-refractivity contribution in [2.24, 2.45) is 5.10 Å². The first kappa shape index (κ1) is 13.5. The van der Waals surface area contributed by atoms with Crippen molar-refractivity contribution in [2.75, 3.05) is 0 Å². The number of aryl methyl sites for hydroxylation is 1. The summed E-state index contributed by atoms with van der Waals surface area (Å²) in [4.78, 5) is 20.0. The third-order valence-electron chi connectivity index (χ3n) is 3.81. The lowest BCUT2D eigenvalue weighted by Gasteiger charge is -1.98. The number of nitrogens with zero attached hydrogens (tertiary/aromatic N) is 3. The highest BCUT2D eigenvalue weighted by atomic mass is 16.1. The number of hydrogen-bond acceptors (Lipinski definition) is 3. The Labute approximate surface area is 131 Å². The lowest BCUT2D eigenvalue weighted by molar-refractivity contribution is 0.815. The number of nitrogens with one attached hydrogen (secondary N) is 1. The minimum Gasteiger partial charge on any atom is -0.349 e. The first-order chi connectivity index (χ1) is 11.2. The molecular formula is C18H14N4O. The van der Waals surface area contributed by atoms with Crippen molar-refractivity contribution in [1.82, 2.24) is 14.6 Å². The van der Waals surface area contributed by atoms with Crippen molar-refractivity contribution in [2.45, 2.75) is 6.92 Å². The van der Waals surface area contributed by atoms with Gasteiger partial charge in [0.25, 0.3) is 5.56 Å². The molecule has 0 saturated heterocycles. The molecule has 112 valence electrons. The second-order valence-corrected chi connectivity index (χ2v) is 5.44. The quantitative estimate of drug-likeness (QED) is 0.578. The van der Waals surface area contributed by atoms with Gasteiger partial charge in [0.15, 0.2) is 0 Å². The Morgan fingerprint density at radius 3 is 2.74 bits per heavy atom. The molecule has 0 spiro atoms. The fourth-order valence-electron chi connectivity index (χ4n) is 2.56. The van der Waals surface area contributed by atoms with Crippen LogP contribution in [-0.4, -0.2) is 20.9 Å². The Kier molecular flexibility index (Phi) is 3.05. The van der Waals surface area contributed by atoms with Gasteiger partial charge < -0.3 is 4.98 Å². The predicted octanol–water partition coefficient (Wildman–Crippen LogP) is 3.07. The second kappa shape index (κ2) is 5.21. The first-order valence-corrected chi connectivity index (χ1v) is 7.31. The van der Waals surface area contributed by atoms with Gasteiger partial charge in [-0.3, -0.25) is 4.79 Å². The predicted molar refractivity (Wildman–Crippen MR) is 92.0 cm³/mol. The third-order valence-corrected chi connectivity index (χ3v) is 3.81. The summed E-state index contributed by atoms with van der Waals surface area (Å²) in [5, 5.41) is 5.16. The van der Waals surface area contributed by atoms with Crippen LogP contribution in [0.1, 0.15) is 11.1 Å². The highest BCUT2D eigenvalue weighted by Gasteiger charge is 2.09. The number of fused-ring (bicyclic) bond motifs is 3. The summed E-state index contributed by atoms with van der Waals surface area (Å²) in [7, 11) is 0. The summed E-state index contributed by atoms with van der Waals surface area (Å²) >= 11 is 0. The smallest absolute Gasteiger partial charge is 0.298 e. The van der Waals surface area contributed by atoms with Crippen LogP contribution >= 0.6 is 0 Å². The zero-order chi connectivity index (χ0) is 15.8. The Hall–Kier alpha value is -3.21. The van der Waals surface area contributed by atoms with Gasteiger partial charge in [0.05, 0.1) is 6.21 Å². The number of benzene rings is 2. The molecule has 0 aliphatic heterocycles. The summed E-state index contributed by atoms with van der Waals surface area (Å²) < 4.78 is 1.25. The van der Waals surface area contributed by atoms with Crippen LogP contribution in [0.4, 0.5) is 0 Å². The van der Waals surface area contributed by atoms with Gasteiger partial charge in [0.1, 0.15) is 17.4 Å². The summed E-state index contributed by atoms with van der Waals surface area (Å²) in [6, 6.07) is 15.6. The standard InChI is InChI=1S/C18H14N4O/c1-12-6-8-13(9-7-12)10-20-22-11-19-16-14-4-2-3-5-15(14)21-17(16)18(22)23/h2-11,21H,1H3. The molecule has 0 unspecified atom stereocenters. The van der Waals surface area contributed by atoms with E-state index in [2.05, 4.69) is 15.1 Å². The molecule has 2 heterocycles. The van der Waals surface area contributed by atoms with Crippen molar-refractivity contribution in [1.29, 1.82) is 0 Å². The molecule has 0 aliphatic carbocycles. The van der Waals surface area contributed by atoms with Crippen LogP contribution < -0.4 is 5.56 Å². The highest BCUT2D eigenvalue weighted by Crippen LogP contribution is 2.20. The molecule has 0 aliphatic rings. The zero-order valence-corrected chi connectivity index (χ0v) is 12.5. The van der Waals surface area contributed by atoms with Gasteiger partial charge in [-0.25, -0.2) is 4.98 Å². The number of H-pyrrole nitrogens is 1. The number of aromatic amines is 1. The number of rotatable bonds is 2. The molecule has 23 heavy (non-hydrogen) atoms. The maximum atomic E-state index is 12.6. The molecule has 4 aromatic rings. The van der Waals surface area contributed by atoms with Crippen LogP contribution in [0.3, 0.4) is 0 Å². The van der Waals surface area contributed by atoms with E-state index in [1.54, 1.807) is 6.21 Å². The van der Waals surface area contributed by atoms with Gasteiger partial charge in [-0.1, -0.05) is 48.0 Å². The largest absolute Gasteiger partial charge is 0.349 e. The van der Waals surface area contributed by atoms with Crippen LogP contribution in [0, 0.1) is 6.92 Å². The summed E-state index contributed by atoms with van der Waals surface area (Å²) in [5.41, 5.74) is 3.93. The second-order valence-electron chi connectivity index (χ2n) is 5.44. The third kappa shape index (κ3) is 2.32. The van der Waals surface area contributed by atoms with E-state index in [0.717, 1.165) is 16.5 Å². The molecule has 2 aromatic heterocycles. The van der Waals surface area contributed by atoms with Crippen molar-refractivity contribution in [3.8, 4) is 0 Å². The van der Waals surface area contributed by atoms with Gasteiger partial charge in [0, 0.05) is 10.9 Å². The van der Waals surface area contributed by atoms with Crippen LogP contribution in [0.25, 0.3) is 21.9 Å². The maximum Gasteiger partial charge on any atom is 0.298 e. The van der Waals surface area contributed by atoms with E-state index in [-0.39, 0.29) is 5.56 Å². The van der Waals surface area contributed by atoms with E-state index in [4.69, 9.17) is 0 Å². The summed E-state index contributed by atoms with van der Waals surface area (Å²) in [5.74, 6) is 0. The van der Waals surface area contributed by atoms with E-state index in [9.17, 15) is 4.79 Å². The van der Waals surface area contributed by atoms with Crippen LogP contribution in [0.5, 0.6) is 0 Å². The minimum absolute atomic E-state index is 0.213. The zero-order valence-electron chi connectivity index (χ0n) is 12.5. The molecule has 0 saturated carbocycles. The molecule has 0 radical (unpaired) electrons. The maximum absolute atomic E-state index is 12.6. The number of aromatic nitrogens is 3. The highest BCUT2D eigenvalue weighted by molar-refractivity contribution is 6.04. The number of hydrogen-bond donors (Lipinski definition) is 1. The van der Waals surface area contributed by atoms with E-state index in [1.807, 2.05) is 55.5 Å². The fraction of sp³-hybridized carbons (Fsp3) is 0.0556. The van der Waals surface area contributed by atoms with Gasteiger partial charge in [-0.15, -0.1) is 0 Å². The monoisotopic (exact) mass is 302 g/mol. The molecule has 2 aromatic carbocycles. The van der Waals surface area contributed by atoms with Gasteiger partial charge in [0.2, 0.25) is 0 Å². The lowest BCUT2D eigenvalue weighted by Crippen LogP contribution is -2.17. The van der Waals surface area contributed by atoms with Crippen LogP contribution in [-0.2, 0) is 0 Å². The first-order valence-electron chi connectivity index (χ1n) is 7.31. The van der Waals surface area contributed by atoms with Gasteiger partial charge >= 0.3 is 0 Å². The lowest BCUT2D eigenvalue weighted by atomic mass is 10.2. The molecule has 0 bridgehead atoms. The molecular weight excluding hydrogens is 288 g/mol. The molecule has 0 amide bonds. The minimum atomic E-state index is -0.213. The Morgan fingerprint density at radius 1 is 1.13 bits per heavy atom. The SMILES string of the molecule is Cc1ccc(C=Nn2cnc3c([nH]c4ccccc43)c2=O)cc1. The molecule has 0 atom stereocenters. The molecule has 5 heteroatoms. The van der Waals surface area contributed by atoms with E-state index < -0.39 is 0 Å². The van der Waals surface area contributed by atoms with Crippen molar-refractivity contribution >= 4 is 28.2 Å². The average molecular weight is 302 g/mol. The van der Waals surface area contributed by atoms with Crippen molar-refractivity contribution < 1.29 is 0 Å². The molecule has 1 N–H and O–H groups in total. The molecule has 5 nitrogen and oxygen atoms in total. The Morgan fingerprint density at radius 2 is 1.91 bits per heavy atom. The Balaban J connectivity index is 1.82. The van der Waals surface area contributed by atoms with Crippen LogP contribution in [0.15, 0.2) is 64.8 Å². The molecule has 4 rings (SSSR count). The summed E-state index contributed by atoms with van der Waals surface area (Å²) in [6.07, 6.45) is 3.10. The van der Waals surface area contributed by atoms with Crippen molar-refractivity contribution in [3.05, 3.63) is 76.3 Å². The van der Waals surface area contributed by atoms with Crippen LogP contribution in [0.2, 0.25) is 0 Å². The van der Waals surface area contributed by atoms with E-state index >= 15 is 0 Å². The van der Waals surface area contributed by atoms with Gasteiger partial charge in [-0.05, 0) is 18.6 Å². The fourth-order valence-corrected chi connectivity index (χ4v) is 2.56. The average Bonchev–Trinajstić information content (AvgIpc) is 2.95. The molecule has 0 fully saturated rings. The van der Waals surface area contributed by atoms with E-state index in [0.29, 0.717) is 11.0 Å². The van der Waals surface area contributed by atoms with Crippen molar-refractivity contribution in [3.63, 3.8) is 0 Å².